The molecule has 1 N–H and O–H groups in total. The second-order valence-electron chi connectivity index (χ2n) is 4.75. The number of nitrogens with zero attached hydrogens (tertiary/aromatic N) is 1. The van der Waals surface area contributed by atoms with Crippen molar-refractivity contribution in [3.63, 3.8) is 0 Å². The molecular formula is C15H19NO2S. The summed E-state index contributed by atoms with van der Waals surface area (Å²) < 4.78 is 5.15. The van der Waals surface area contributed by atoms with Crippen molar-refractivity contribution in [2.45, 2.75) is 32.8 Å². The zero-order valence-corrected chi connectivity index (χ0v) is 12.3. The Morgan fingerprint density at radius 3 is 2.42 bits per heavy atom. The van der Waals surface area contributed by atoms with Crippen LogP contribution in [0.2, 0.25) is 0 Å². The number of methoxy groups -OCH3 is 1. The third kappa shape index (κ3) is 3.33. The Kier molecular flexibility index (Phi) is 4.56. The van der Waals surface area contributed by atoms with Gasteiger partial charge in [-0.1, -0.05) is 26.0 Å². The second-order valence-corrected chi connectivity index (χ2v) is 5.92. The van der Waals surface area contributed by atoms with Gasteiger partial charge in [-0.05, 0) is 23.6 Å². The van der Waals surface area contributed by atoms with E-state index in [4.69, 9.17) is 4.74 Å². The highest BCUT2D eigenvalue weighted by Gasteiger charge is 2.13. The fourth-order valence-electron chi connectivity index (χ4n) is 1.97. The molecular weight excluding hydrogens is 258 g/mol. The van der Waals surface area contributed by atoms with E-state index in [1.54, 1.807) is 18.4 Å². The number of benzene rings is 1. The molecule has 1 aromatic heterocycles. The molecule has 0 atom stereocenters. The highest BCUT2D eigenvalue weighted by Crippen LogP contribution is 2.27. The quantitative estimate of drug-likeness (QED) is 0.911. The van der Waals surface area contributed by atoms with Gasteiger partial charge >= 0.3 is 0 Å². The van der Waals surface area contributed by atoms with E-state index in [9.17, 15) is 5.11 Å². The third-order valence-electron chi connectivity index (χ3n) is 2.98. The summed E-state index contributed by atoms with van der Waals surface area (Å²) in [5.74, 6) is 1.21. The largest absolute Gasteiger partial charge is 0.497 e. The zero-order chi connectivity index (χ0) is 13.8. The maximum atomic E-state index is 9.37. The van der Waals surface area contributed by atoms with Gasteiger partial charge in [0.2, 0.25) is 0 Å². The number of rotatable bonds is 5. The van der Waals surface area contributed by atoms with E-state index >= 15 is 0 Å². The summed E-state index contributed by atoms with van der Waals surface area (Å²) in [5, 5.41) is 10.4. The van der Waals surface area contributed by atoms with Gasteiger partial charge in [0.15, 0.2) is 0 Å². The number of hydrogen-bond donors (Lipinski definition) is 1. The third-order valence-corrected chi connectivity index (χ3v) is 4.03. The average Bonchev–Trinajstić information content (AvgIpc) is 2.83. The Balaban J connectivity index is 2.18. The van der Waals surface area contributed by atoms with Crippen LogP contribution < -0.4 is 4.74 Å². The molecule has 0 aliphatic heterocycles. The topological polar surface area (TPSA) is 42.4 Å². The van der Waals surface area contributed by atoms with Crippen LogP contribution in [0, 0.1) is 0 Å². The highest BCUT2D eigenvalue weighted by atomic mass is 32.1. The first-order valence-electron chi connectivity index (χ1n) is 6.36. The molecule has 2 aromatic rings. The summed E-state index contributed by atoms with van der Waals surface area (Å²) in [4.78, 5) is 5.63. The van der Waals surface area contributed by atoms with E-state index in [0.29, 0.717) is 5.92 Å². The predicted octanol–water partition coefficient (Wildman–Crippen LogP) is 3.36. The van der Waals surface area contributed by atoms with E-state index in [-0.39, 0.29) is 6.61 Å². The lowest BCUT2D eigenvalue weighted by Gasteiger charge is -2.02. The Labute approximate surface area is 117 Å². The Morgan fingerprint density at radius 1 is 1.26 bits per heavy atom. The first kappa shape index (κ1) is 14.0. The van der Waals surface area contributed by atoms with Crippen molar-refractivity contribution in [3.05, 3.63) is 45.4 Å². The molecule has 0 saturated heterocycles. The fourth-order valence-corrected chi connectivity index (χ4v) is 3.09. The van der Waals surface area contributed by atoms with E-state index in [1.165, 1.54) is 5.56 Å². The van der Waals surface area contributed by atoms with Crippen molar-refractivity contribution in [1.29, 1.82) is 0 Å². The molecule has 0 amide bonds. The summed E-state index contributed by atoms with van der Waals surface area (Å²) in [6.07, 6.45) is 0.800. The zero-order valence-electron chi connectivity index (χ0n) is 11.5. The van der Waals surface area contributed by atoms with Gasteiger partial charge in [-0.2, -0.15) is 0 Å². The minimum Gasteiger partial charge on any atom is -0.497 e. The van der Waals surface area contributed by atoms with Crippen molar-refractivity contribution in [1.82, 2.24) is 4.98 Å². The van der Waals surface area contributed by atoms with Crippen LogP contribution in [0.3, 0.4) is 0 Å². The van der Waals surface area contributed by atoms with Crippen molar-refractivity contribution in [2.75, 3.05) is 7.11 Å². The Bertz CT molecular complexity index is 532. The molecule has 0 saturated carbocycles. The number of aromatic nitrogens is 1. The van der Waals surface area contributed by atoms with E-state index in [0.717, 1.165) is 27.7 Å². The summed E-state index contributed by atoms with van der Waals surface area (Å²) in [7, 11) is 1.66. The molecule has 3 nitrogen and oxygen atoms in total. The lowest BCUT2D eigenvalue weighted by molar-refractivity contribution is 0.283. The molecule has 102 valence electrons. The standard InChI is InChI=1S/C15H19NO2S/c1-10(2)15-13(9-17)19-14(16-15)8-11-4-6-12(18-3)7-5-11/h4-7,10,17H,8-9H2,1-3H3. The van der Waals surface area contributed by atoms with Gasteiger partial charge in [-0.3, -0.25) is 0 Å². The van der Waals surface area contributed by atoms with Crippen molar-refractivity contribution < 1.29 is 9.84 Å². The van der Waals surface area contributed by atoms with Gasteiger partial charge in [-0.15, -0.1) is 11.3 Å². The Hall–Kier alpha value is -1.39. The van der Waals surface area contributed by atoms with Crippen LogP contribution in [0.15, 0.2) is 24.3 Å². The summed E-state index contributed by atoms with van der Waals surface area (Å²) in [5.41, 5.74) is 2.23. The normalized spacial score (nSPS) is 11.0. The van der Waals surface area contributed by atoms with Crippen molar-refractivity contribution in [2.24, 2.45) is 0 Å². The molecule has 1 heterocycles. The average molecular weight is 277 g/mol. The molecule has 2 rings (SSSR count). The number of ether oxygens (including phenoxy) is 1. The molecule has 0 aliphatic rings. The predicted molar refractivity (Wildman–Crippen MR) is 77.9 cm³/mol. The van der Waals surface area contributed by atoms with Crippen LogP contribution in [0.5, 0.6) is 5.75 Å². The smallest absolute Gasteiger partial charge is 0.118 e. The van der Waals surface area contributed by atoms with Crippen LogP contribution in [0.1, 0.15) is 40.9 Å². The molecule has 0 unspecified atom stereocenters. The van der Waals surface area contributed by atoms with E-state index in [1.807, 2.05) is 24.3 Å². The van der Waals surface area contributed by atoms with Crippen LogP contribution in [0.25, 0.3) is 0 Å². The van der Waals surface area contributed by atoms with E-state index in [2.05, 4.69) is 18.8 Å². The lowest BCUT2D eigenvalue weighted by Crippen LogP contribution is -1.94. The van der Waals surface area contributed by atoms with Crippen molar-refractivity contribution in [3.8, 4) is 5.75 Å². The highest BCUT2D eigenvalue weighted by molar-refractivity contribution is 7.11. The lowest BCUT2D eigenvalue weighted by atomic mass is 10.1. The summed E-state index contributed by atoms with van der Waals surface area (Å²) >= 11 is 1.60. The van der Waals surface area contributed by atoms with Gasteiger partial charge in [0, 0.05) is 6.42 Å². The number of aliphatic hydroxyl groups excluding tert-OH is 1. The first-order valence-corrected chi connectivity index (χ1v) is 7.18. The van der Waals surface area contributed by atoms with Crippen LogP contribution in [-0.4, -0.2) is 17.2 Å². The van der Waals surface area contributed by atoms with Gasteiger partial charge in [0.1, 0.15) is 5.75 Å². The molecule has 1 aromatic carbocycles. The van der Waals surface area contributed by atoms with Crippen LogP contribution >= 0.6 is 11.3 Å². The molecule has 0 spiro atoms. The molecule has 0 aliphatic carbocycles. The Morgan fingerprint density at radius 2 is 1.95 bits per heavy atom. The maximum Gasteiger partial charge on any atom is 0.118 e. The molecule has 0 bridgehead atoms. The summed E-state index contributed by atoms with van der Waals surface area (Å²) in [6.45, 7) is 4.28. The summed E-state index contributed by atoms with van der Waals surface area (Å²) in [6, 6.07) is 8.01. The number of thiazole rings is 1. The number of aliphatic hydroxyl groups is 1. The molecule has 0 radical (unpaired) electrons. The van der Waals surface area contributed by atoms with Crippen LogP contribution in [0.4, 0.5) is 0 Å². The molecule has 0 fully saturated rings. The number of hydrogen-bond acceptors (Lipinski definition) is 4. The fraction of sp³-hybridized carbons (Fsp3) is 0.400. The maximum absolute atomic E-state index is 9.37. The van der Waals surface area contributed by atoms with Crippen LogP contribution in [-0.2, 0) is 13.0 Å². The van der Waals surface area contributed by atoms with Gasteiger partial charge in [0.25, 0.3) is 0 Å². The van der Waals surface area contributed by atoms with Gasteiger partial charge < -0.3 is 9.84 Å². The van der Waals surface area contributed by atoms with Gasteiger partial charge in [-0.25, -0.2) is 4.98 Å². The second kappa shape index (κ2) is 6.17. The minimum atomic E-state index is 0.0772. The van der Waals surface area contributed by atoms with Gasteiger partial charge in [0.05, 0.1) is 29.3 Å². The molecule has 4 heteroatoms. The van der Waals surface area contributed by atoms with E-state index < -0.39 is 0 Å². The molecule has 19 heavy (non-hydrogen) atoms. The first-order chi connectivity index (χ1) is 9.13. The minimum absolute atomic E-state index is 0.0772. The van der Waals surface area contributed by atoms with Crippen molar-refractivity contribution >= 4 is 11.3 Å². The SMILES string of the molecule is COc1ccc(Cc2nc(C(C)C)c(CO)s2)cc1. The monoisotopic (exact) mass is 277 g/mol.